The summed E-state index contributed by atoms with van der Waals surface area (Å²) >= 11 is 2.04. The minimum absolute atomic E-state index is 0.00390. The van der Waals surface area contributed by atoms with Crippen LogP contribution < -0.4 is 5.69 Å². The van der Waals surface area contributed by atoms with E-state index in [1.54, 1.807) is 10.8 Å². The van der Waals surface area contributed by atoms with Gasteiger partial charge in [0.2, 0.25) is 0 Å². The van der Waals surface area contributed by atoms with Crippen molar-refractivity contribution in [2.75, 3.05) is 7.11 Å². The second-order valence-corrected chi connectivity index (χ2v) is 6.62. The molecule has 1 fully saturated rings. The van der Waals surface area contributed by atoms with Crippen LogP contribution in [0.3, 0.4) is 0 Å². The van der Waals surface area contributed by atoms with Gasteiger partial charge in [-0.1, -0.05) is 0 Å². The number of esters is 1. The van der Waals surface area contributed by atoms with Crippen molar-refractivity contribution in [1.82, 2.24) is 19.5 Å². The Hall–Kier alpha value is -1.45. The van der Waals surface area contributed by atoms with E-state index in [2.05, 4.69) is 15.0 Å². The Morgan fingerprint density at radius 1 is 1.45 bits per heavy atom. The molecule has 0 unspecified atom stereocenters. The second kappa shape index (κ2) is 6.35. The summed E-state index contributed by atoms with van der Waals surface area (Å²) in [4.78, 5) is 34.9. The maximum absolute atomic E-state index is 12.1. The number of rotatable bonds is 3. The first-order valence-electron chi connectivity index (χ1n) is 7.27. The Kier molecular flexibility index (Phi) is 4.46. The van der Waals surface area contributed by atoms with Crippen molar-refractivity contribution in [2.45, 2.75) is 32.2 Å². The van der Waals surface area contributed by atoms with E-state index in [4.69, 9.17) is 4.74 Å². The molecule has 118 valence electrons. The first-order valence-corrected chi connectivity index (χ1v) is 8.35. The van der Waals surface area contributed by atoms with Crippen LogP contribution >= 0.6 is 22.6 Å². The van der Waals surface area contributed by atoms with Crippen LogP contribution in [0.5, 0.6) is 0 Å². The van der Waals surface area contributed by atoms with Gasteiger partial charge in [-0.15, -0.1) is 0 Å². The number of hydrogen-bond acceptors (Lipinski definition) is 5. The Morgan fingerprint density at radius 2 is 2.18 bits per heavy atom. The van der Waals surface area contributed by atoms with Gasteiger partial charge in [0.25, 0.3) is 0 Å². The minimum atomic E-state index is -0.151. The summed E-state index contributed by atoms with van der Waals surface area (Å²) in [6, 6.07) is 0. The monoisotopic (exact) mass is 416 g/mol. The Balaban J connectivity index is 1.75. The van der Waals surface area contributed by atoms with Crippen molar-refractivity contribution in [1.29, 1.82) is 0 Å². The highest BCUT2D eigenvalue weighted by Gasteiger charge is 2.27. The lowest BCUT2D eigenvalue weighted by Gasteiger charge is -2.26. The zero-order chi connectivity index (χ0) is 15.7. The second-order valence-electron chi connectivity index (χ2n) is 5.66. The van der Waals surface area contributed by atoms with Crippen LogP contribution in [-0.2, 0) is 16.1 Å². The quantitative estimate of drug-likeness (QED) is 0.468. The summed E-state index contributed by atoms with van der Waals surface area (Å²) < 4.78 is 7.10. The first-order chi connectivity index (χ1) is 10.6. The van der Waals surface area contributed by atoms with Crippen LogP contribution in [0.1, 0.15) is 25.7 Å². The van der Waals surface area contributed by atoms with Gasteiger partial charge in [-0.05, 0) is 31.6 Å². The lowest BCUT2D eigenvalue weighted by atomic mass is 9.82. The molecule has 2 aromatic heterocycles. The third-order valence-corrected chi connectivity index (χ3v) is 4.82. The summed E-state index contributed by atoms with van der Waals surface area (Å²) in [6.45, 7) is 0.625. The van der Waals surface area contributed by atoms with Crippen LogP contribution in [0.25, 0.3) is 11.2 Å². The molecule has 1 N–H and O–H groups in total. The van der Waals surface area contributed by atoms with E-state index >= 15 is 0 Å². The maximum Gasteiger partial charge on any atom is 0.327 e. The van der Waals surface area contributed by atoms with Crippen molar-refractivity contribution in [3.8, 4) is 0 Å². The van der Waals surface area contributed by atoms with Gasteiger partial charge < -0.3 is 9.72 Å². The van der Waals surface area contributed by atoms with E-state index in [0.29, 0.717) is 27.5 Å². The van der Waals surface area contributed by atoms with Gasteiger partial charge in [-0.25, -0.2) is 14.8 Å². The zero-order valence-corrected chi connectivity index (χ0v) is 14.4. The molecule has 3 rings (SSSR count). The van der Waals surface area contributed by atoms with E-state index in [9.17, 15) is 9.59 Å². The van der Waals surface area contributed by atoms with Gasteiger partial charge in [0.05, 0.1) is 19.2 Å². The van der Waals surface area contributed by atoms with Gasteiger partial charge in [0.15, 0.2) is 9.48 Å². The van der Waals surface area contributed by atoms with Crippen molar-refractivity contribution in [3.05, 3.63) is 20.5 Å². The number of H-pyrrole nitrogens is 1. The highest BCUT2D eigenvalue weighted by Crippen LogP contribution is 2.30. The average Bonchev–Trinajstić information content (AvgIpc) is 2.83. The number of fused-ring (bicyclic) bond motifs is 1. The van der Waals surface area contributed by atoms with Gasteiger partial charge in [0, 0.05) is 29.1 Å². The highest BCUT2D eigenvalue weighted by molar-refractivity contribution is 14.1. The molecule has 1 aliphatic carbocycles. The van der Waals surface area contributed by atoms with E-state index in [-0.39, 0.29) is 17.6 Å². The molecule has 0 saturated heterocycles. The number of carbonyl (C=O) groups is 1. The number of halogens is 1. The molecular weight excluding hydrogens is 399 g/mol. The molecule has 0 spiro atoms. The molecule has 2 aromatic rings. The molecule has 0 bridgehead atoms. The zero-order valence-electron chi connectivity index (χ0n) is 12.2. The smallest absolute Gasteiger partial charge is 0.327 e. The summed E-state index contributed by atoms with van der Waals surface area (Å²) in [5, 5.41) is 0. The summed E-state index contributed by atoms with van der Waals surface area (Å²) in [7, 11) is 1.43. The molecule has 0 atom stereocenters. The molecule has 1 aliphatic rings. The fourth-order valence-corrected chi connectivity index (χ4v) is 3.47. The van der Waals surface area contributed by atoms with Crippen LogP contribution in [-0.4, -0.2) is 32.6 Å². The largest absolute Gasteiger partial charge is 0.469 e. The number of aromatic amines is 1. The molecule has 0 aliphatic heterocycles. The number of ether oxygens (including phenoxy) is 1. The summed E-state index contributed by atoms with van der Waals surface area (Å²) in [6.07, 6.45) is 5.11. The Labute approximate surface area is 140 Å². The van der Waals surface area contributed by atoms with Crippen LogP contribution in [0.4, 0.5) is 0 Å². The molecule has 0 aromatic carbocycles. The molecule has 7 nitrogen and oxygen atoms in total. The van der Waals surface area contributed by atoms with Crippen LogP contribution in [0.2, 0.25) is 0 Å². The van der Waals surface area contributed by atoms with Crippen molar-refractivity contribution in [2.24, 2.45) is 11.8 Å². The maximum atomic E-state index is 12.1. The van der Waals surface area contributed by atoms with E-state index in [1.807, 2.05) is 22.6 Å². The van der Waals surface area contributed by atoms with E-state index < -0.39 is 0 Å². The molecular formula is C14H17IN4O3. The molecule has 1 saturated carbocycles. The normalized spacial score (nSPS) is 21.9. The van der Waals surface area contributed by atoms with Crippen molar-refractivity contribution >= 4 is 39.7 Å². The van der Waals surface area contributed by atoms with Crippen molar-refractivity contribution in [3.63, 3.8) is 0 Å². The lowest BCUT2D eigenvalue weighted by Crippen LogP contribution is -2.27. The lowest BCUT2D eigenvalue weighted by molar-refractivity contribution is -0.146. The number of nitrogens with zero attached hydrogens (tertiary/aromatic N) is 3. The topological polar surface area (TPSA) is 89.9 Å². The molecule has 0 radical (unpaired) electrons. The van der Waals surface area contributed by atoms with Gasteiger partial charge in [-0.2, -0.15) is 0 Å². The number of nitrogens with one attached hydrogen (secondary N) is 1. The fraction of sp³-hybridized carbons (Fsp3) is 0.571. The summed E-state index contributed by atoms with van der Waals surface area (Å²) in [5.74, 6) is 0.263. The van der Waals surface area contributed by atoms with Crippen LogP contribution in [0.15, 0.2) is 11.0 Å². The molecule has 0 amide bonds. The standard InChI is InChI=1S/C14H17IN4O3/c1-22-12(20)9-4-2-8(3-5-9)7-19-11-10(17-14(19)21)6-16-13(15)18-11/h6,8-9H,2-5,7H2,1H3,(H,17,21). The SMILES string of the molecule is COC(=O)C1CCC(Cn2c(=O)[nH]c3cnc(I)nc32)CC1. The first kappa shape index (κ1) is 15.4. The van der Waals surface area contributed by atoms with Crippen LogP contribution in [0, 0.1) is 15.7 Å². The Bertz CT molecular complexity index is 746. The fourth-order valence-electron chi connectivity index (χ4n) is 3.10. The van der Waals surface area contributed by atoms with Gasteiger partial charge in [0.1, 0.15) is 5.52 Å². The predicted molar refractivity (Wildman–Crippen MR) is 88.3 cm³/mol. The van der Waals surface area contributed by atoms with E-state index in [1.165, 1.54) is 7.11 Å². The Morgan fingerprint density at radius 3 is 2.86 bits per heavy atom. The number of imidazole rings is 1. The molecule has 8 heteroatoms. The molecule has 2 heterocycles. The number of carbonyl (C=O) groups excluding carboxylic acids is 1. The number of methoxy groups -OCH3 is 1. The van der Waals surface area contributed by atoms with Crippen molar-refractivity contribution < 1.29 is 9.53 Å². The predicted octanol–water partition coefficient (Wildman–Crippen LogP) is 1.70. The van der Waals surface area contributed by atoms with Gasteiger partial charge in [-0.3, -0.25) is 9.36 Å². The number of aromatic nitrogens is 4. The van der Waals surface area contributed by atoms with E-state index in [0.717, 1.165) is 25.7 Å². The molecule has 22 heavy (non-hydrogen) atoms. The third-order valence-electron chi connectivity index (χ3n) is 4.30. The van der Waals surface area contributed by atoms with Gasteiger partial charge >= 0.3 is 11.7 Å². The summed E-state index contributed by atoms with van der Waals surface area (Å²) in [5.41, 5.74) is 1.16. The third kappa shape index (κ3) is 3.01. The minimum Gasteiger partial charge on any atom is -0.469 e. The number of hydrogen-bond donors (Lipinski definition) is 1. The average molecular weight is 416 g/mol. The highest BCUT2D eigenvalue weighted by atomic mass is 127.